The molecule has 3 aromatic rings. The van der Waals surface area contributed by atoms with Crippen LogP contribution >= 0.6 is 11.3 Å². The number of hydrogen-bond acceptors (Lipinski definition) is 4. The third-order valence-corrected chi connectivity index (χ3v) is 4.50. The van der Waals surface area contributed by atoms with Gasteiger partial charge in [0.2, 0.25) is 0 Å². The summed E-state index contributed by atoms with van der Waals surface area (Å²) in [4.78, 5) is 18.2. The summed E-state index contributed by atoms with van der Waals surface area (Å²) in [6.07, 6.45) is 0.862. The largest absolute Gasteiger partial charge is 0.496 e. The molecule has 102 valence electrons. The number of methoxy groups -OCH3 is 1. The molecule has 0 saturated heterocycles. The van der Waals surface area contributed by atoms with Gasteiger partial charge in [0.15, 0.2) is 11.2 Å². The van der Waals surface area contributed by atoms with E-state index in [1.165, 1.54) is 4.88 Å². The third kappa shape index (κ3) is 1.74. The number of aldehydes is 1. The van der Waals surface area contributed by atoms with Crippen LogP contribution in [0.25, 0.3) is 16.2 Å². The van der Waals surface area contributed by atoms with Crippen molar-refractivity contribution in [2.75, 3.05) is 7.11 Å². The fourth-order valence-electron chi connectivity index (χ4n) is 2.32. The molecule has 20 heavy (non-hydrogen) atoms. The Bertz CT molecular complexity index is 802. The van der Waals surface area contributed by atoms with Crippen molar-refractivity contribution >= 4 is 22.6 Å². The fourth-order valence-corrected chi connectivity index (χ4v) is 3.30. The Balaban J connectivity index is 2.34. The van der Waals surface area contributed by atoms with Gasteiger partial charge in [-0.15, -0.1) is 11.3 Å². The Morgan fingerprint density at radius 3 is 2.75 bits per heavy atom. The summed E-state index contributed by atoms with van der Waals surface area (Å²) in [6.45, 7) is 4.03. The molecule has 0 amide bonds. The number of fused-ring (bicyclic) bond motifs is 1. The molecule has 0 aliphatic carbocycles. The van der Waals surface area contributed by atoms with Gasteiger partial charge in [-0.05, 0) is 26.0 Å². The van der Waals surface area contributed by atoms with Crippen LogP contribution in [0.3, 0.4) is 0 Å². The Morgan fingerprint density at radius 2 is 2.05 bits per heavy atom. The number of carbonyl (C=O) groups excluding carboxylic acids is 1. The maximum atomic E-state index is 11.5. The van der Waals surface area contributed by atoms with Crippen LogP contribution in [-0.2, 0) is 0 Å². The lowest BCUT2D eigenvalue weighted by molar-refractivity contribution is 0.111. The highest BCUT2D eigenvalue weighted by atomic mass is 32.1. The van der Waals surface area contributed by atoms with E-state index in [9.17, 15) is 4.79 Å². The Hall–Kier alpha value is -2.14. The van der Waals surface area contributed by atoms with Crippen LogP contribution in [0.5, 0.6) is 5.75 Å². The lowest BCUT2D eigenvalue weighted by atomic mass is 10.1. The number of rotatable bonds is 3. The van der Waals surface area contributed by atoms with Gasteiger partial charge in [-0.25, -0.2) is 4.98 Å². The lowest BCUT2D eigenvalue weighted by Crippen LogP contribution is -1.95. The van der Waals surface area contributed by atoms with Crippen LogP contribution in [0.2, 0.25) is 0 Å². The molecule has 0 bridgehead atoms. The molecular formula is C15H14N2O2S. The second kappa shape index (κ2) is 4.76. The highest BCUT2D eigenvalue weighted by Gasteiger charge is 2.19. The number of aryl methyl sites for hydroxylation is 2. The smallest absolute Gasteiger partial charge is 0.195 e. The maximum Gasteiger partial charge on any atom is 0.195 e. The number of hydrogen-bond donors (Lipinski definition) is 0. The quantitative estimate of drug-likeness (QED) is 0.692. The standard InChI is InChI=1S/C15H14N2O2S/c1-9-10(2)20-15-16-14(12(8-18)17(9)15)11-6-4-5-7-13(11)19-3/h4-8H,1-3H3. The van der Waals surface area contributed by atoms with Gasteiger partial charge in [0.1, 0.15) is 17.1 Å². The van der Waals surface area contributed by atoms with E-state index in [-0.39, 0.29) is 0 Å². The minimum absolute atomic E-state index is 0.575. The number of para-hydroxylation sites is 1. The monoisotopic (exact) mass is 286 g/mol. The highest BCUT2D eigenvalue weighted by Crippen LogP contribution is 2.34. The topological polar surface area (TPSA) is 43.6 Å². The molecule has 0 N–H and O–H groups in total. The van der Waals surface area contributed by atoms with E-state index in [0.717, 1.165) is 28.3 Å². The van der Waals surface area contributed by atoms with Crippen LogP contribution in [-0.4, -0.2) is 22.8 Å². The number of imidazole rings is 1. The minimum Gasteiger partial charge on any atom is -0.496 e. The molecule has 0 unspecified atom stereocenters. The van der Waals surface area contributed by atoms with Gasteiger partial charge < -0.3 is 4.74 Å². The Kier molecular flexibility index (Phi) is 3.06. The summed E-state index contributed by atoms with van der Waals surface area (Å²) < 4.78 is 7.28. The van der Waals surface area contributed by atoms with E-state index in [0.29, 0.717) is 11.4 Å². The summed E-state index contributed by atoms with van der Waals surface area (Å²) in [7, 11) is 1.62. The van der Waals surface area contributed by atoms with Gasteiger partial charge >= 0.3 is 0 Å². The molecule has 0 spiro atoms. The molecular weight excluding hydrogens is 272 g/mol. The van der Waals surface area contributed by atoms with Crippen LogP contribution in [0.4, 0.5) is 0 Å². The maximum absolute atomic E-state index is 11.5. The first-order valence-corrected chi connectivity index (χ1v) is 7.06. The van der Waals surface area contributed by atoms with Crippen molar-refractivity contribution in [3.63, 3.8) is 0 Å². The number of thiazole rings is 1. The number of aromatic nitrogens is 2. The molecule has 5 heteroatoms. The zero-order valence-electron chi connectivity index (χ0n) is 11.5. The van der Waals surface area contributed by atoms with Crippen molar-refractivity contribution in [1.29, 1.82) is 0 Å². The van der Waals surface area contributed by atoms with E-state index < -0.39 is 0 Å². The van der Waals surface area contributed by atoms with Crippen molar-refractivity contribution in [2.45, 2.75) is 13.8 Å². The number of benzene rings is 1. The van der Waals surface area contributed by atoms with Gasteiger partial charge in [0.05, 0.1) is 7.11 Å². The number of nitrogens with zero attached hydrogens (tertiary/aromatic N) is 2. The molecule has 0 aliphatic heterocycles. The van der Waals surface area contributed by atoms with Crippen molar-refractivity contribution in [3.8, 4) is 17.0 Å². The SMILES string of the molecule is COc1ccccc1-c1nc2sc(C)c(C)n2c1C=O. The minimum atomic E-state index is 0.575. The van der Waals surface area contributed by atoms with Gasteiger partial charge in [-0.2, -0.15) is 0 Å². The van der Waals surface area contributed by atoms with Crippen molar-refractivity contribution < 1.29 is 9.53 Å². The Morgan fingerprint density at radius 1 is 1.30 bits per heavy atom. The first kappa shape index (κ1) is 12.9. The fraction of sp³-hybridized carbons (Fsp3) is 0.200. The molecule has 2 aromatic heterocycles. The molecule has 0 fully saturated rings. The normalized spacial score (nSPS) is 10.9. The molecule has 0 saturated carbocycles. The van der Waals surface area contributed by atoms with Crippen LogP contribution in [0, 0.1) is 13.8 Å². The van der Waals surface area contributed by atoms with Crippen molar-refractivity contribution in [1.82, 2.24) is 9.38 Å². The van der Waals surface area contributed by atoms with E-state index in [2.05, 4.69) is 4.98 Å². The van der Waals surface area contributed by atoms with E-state index in [1.807, 2.05) is 42.5 Å². The first-order chi connectivity index (χ1) is 9.67. The highest BCUT2D eigenvalue weighted by molar-refractivity contribution is 7.17. The van der Waals surface area contributed by atoms with Crippen molar-refractivity contribution in [2.24, 2.45) is 0 Å². The molecule has 0 radical (unpaired) electrons. The van der Waals surface area contributed by atoms with Crippen LogP contribution in [0.1, 0.15) is 21.1 Å². The molecule has 0 atom stereocenters. The lowest BCUT2D eigenvalue weighted by Gasteiger charge is -2.06. The summed E-state index contributed by atoms with van der Waals surface area (Å²) in [5, 5.41) is 0. The molecule has 2 heterocycles. The molecule has 1 aromatic carbocycles. The zero-order valence-corrected chi connectivity index (χ0v) is 12.3. The molecule has 0 aliphatic rings. The summed E-state index contributed by atoms with van der Waals surface area (Å²) >= 11 is 1.59. The van der Waals surface area contributed by atoms with Crippen LogP contribution in [0.15, 0.2) is 24.3 Å². The average molecular weight is 286 g/mol. The summed E-state index contributed by atoms with van der Waals surface area (Å²) in [6, 6.07) is 7.60. The molecule has 4 nitrogen and oxygen atoms in total. The van der Waals surface area contributed by atoms with Crippen molar-refractivity contribution in [3.05, 3.63) is 40.5 Å². The van der Waals surface area contributed by atoms with E-state index >= 15 is 0 Å². The van der Waals surface area contributed by atoms with Gasteiger partial charge in [-0.3, -0.25) is 9.20 Å². The second-order valence-corrected chi connectivity index (χ2v) is 5.71. The summed E-state index contributed by atoms with van der Waals surface area (Å²) in [5.74, 6) is 0.718. The number of ether oxygens (including phenoxy) is 1. The Labute approximate surface area is 120 Å². The van der Waals surface area contributed by atoms with Gasteiger partial charge in [0.25, 0.3) is 0 Å². The second-order valence-electron chi connectivity index (χ2n) is 4.53. The first-order valence-electron chi connectivity index (χ1n) is 6.24. The van der Waals surface area contributed by atoms with Gasteiger partial charge in [-0.1, -0.05) is 12.1 Å². The predicted molar refractivity (Wildman–Crippen MR) is 79.9 cm³/mol. The molecule has 3 rings (SSSR count). The predicted octanol–water partition coefficient (Wildman–Crippen LogP) is 3.50. The summed E-state index contributed by atoms with van der Waals surface area (Å²) in [5.41, 5.74) is 3.14. The third-order valence-electron chi connectivity index (χ3n) is 3.45. The van der Waals surface area contributed by atoms with E-state index in [1.54, 1.807) is 18.4 Å². The van der Waals surface area contributed by atoms with E-state index in [4.69, 9.17) is 4.74 Å². The average Bonchev–Trinajstić information content (AvgIpc) is 2.96. The van der Waals surface area contributed by atoms with Gasteiger partial charge in [0, 0.05) is 16.1 Å². The van der Waals surface area contributed by atoms with Crippen LogP contribution < -0.4 is 4.74 Å². The number of carbonyl (C=O) groups is 1. The zero-order chi connectivity index (χ0) is 14.3.